The lowest BCUT2D eigenvalue weighted by molar-refractivity contribution is -0.148. The molecule has 7 heteroatoms. The van der Waals surface area contributed by atoms with Crippen LogP contribution < -0.4 is 5.32 Å². The summed E-state index contributed by atoms with van der Waals surface area (Å²) in [6.07, 6.45) is 2.90. The first-order valence-electron chi connectivity index (χ1n) is 8.36. The summed E-state index contributed by atoms with van der Waals surface area (Å²) in [4.78, 5) is 25.5. The third-order valence-corrected chi connectivity index (χ3v) is 4.54. The molecule has 1 saturated heterocycles. The minimum atomic E-state index is -1.31. The van der Waals surface area contributed by atoms with Crippen LogP contribution in [0.2, 0.25) is 0 Å². The highest BCUT2D eigenvalue weighted by atomic mass is 19.1. The second kappa shape index (κ2) is 6.70. The SMILES string of the molecule is CC(C)(C)OC(=O)N1C[C@@H](NC2CC=C(F)CC2)C[C@@]1(C)C(=O)O. The van der Waals surface area contributed by atoms with Gasteiger partial charge in [-0.25, -0.2) is 14.0 Å². The molecule has 0 radical (unpaired) electrons. The minimum Gasteiger partial charge on any atom is -0.480 e. The van der Waals surface area contributed by atoms with Gasteiger partial charge in [-0.05, 0) is 47.0 Å². The number of likely N-dealkylation sites (tertiary alicyclic amines) is 1. The van der Waals surface area contributed by atoms with Crippen LogP contribution in [0.15, 0.2) is 11.9 Å². The zero-order chi connectivity index (χ0) is 18.1. The highest BCUT2D eigenvalue weighted by molar-refractivity contribution is 5.85. The molecule has 2 N–H and O–H groups in total. The van der Waals surface area contributed by atoms with E-state index in [1.165, 1.54) is 4.90 Å². The van der Waals surface area contributed by atoms with Gasteiger partial charge in [0.25, 0.3) is 0 Å². The third-order valence-electron chi connectivity index (χ3n) is 4.54. The van der Waals surface area contributed by atoms with E-state index in [2.05, 4.69) is 5.32 Å². The van der Waals surface area contributed by atoms with E-state index in [4.69, 9.17) is 4.74 Å². The van der Waals surface area contributed by atoms with Gasteiger partial charge in [0.05, 0.1) is 5.83 Å². The number of rotatable bonds is 3. The van der Waals surface area contributed by atoms with Crippen LogP contribution in [-0.2, 0) is 9.53 Å². The number of amides is 1. The maximum atomic E-state index is 13.1. The minimum absolute atomic E-state index is 0.0924. The molecule has 0 spiro atoms. The fourth-order valence-electron chi connectivity index (χ4n) is 3.27. The molecule has 136 valence electrons. The van der Waals surface area contributed by atoms with Crippen molar-refractivity contribution < 1.29 is 23.8 Å². The van der Waals surface area contributed by atoms with Crippen LogP contribution in [0.1, 0.15) is 53.4 Å². The molecule has 1 aliphatic carbocycles. The van der Waals surface area contributed by atoms with Gasteiger partial charge in [-0.3, -0.25) is 4.90 Å². The lowest BCUT2D eigenvalue weighted by atomic mass is 9.95. The Labute approximate surface area is 142 Å². The van der Waals surface area contributed by atoms with Crippen molar-refractivity contribution in [3.05, 3.63) is 11.9 Å². The number of hydrogen-bond acceptors (Lipinski definition) is 4. The van der Waals surface area contributed by atoms with E-state index in [-0.39, 0.29) is 24.5 Å². The Morgan fingerprint density at radius 2 is 2.08 bits per heavy atom. The lowest BCUT2D eigenvalue weighted by Crippen LogP contribution is -2.52. The molecule has 2 aliphatic rings. The summed E-state index contributed by atoms with van der Waals surface area (Å²) >= 11 is 0. The Morgan fingerprint density at radius 3 is 2.58 bits per heavy atom. The quantitative estimate of drug-likeness (QED) is 0.824. The van der Waals surface area contributed by atoms with Gasteiger partial charge in [-0.15, -0.1) is 0 Å². The van der Waals surface area contributed by atoms with Crippen molar-refractivity contribution in [2.75, 3.05) is 6.54 Å². The van der Waals surface area contributed by atoms with Crippen molar-refractivity contribution in [2.24, 2.45) is 0 Å². The van der Waals surface area contributed by atoms with Crippen LogP contribution in [0.5, 0.6) is 0 Å². The number of ether oxygens (including phenoxy) is 1. The zero-order valence-electron chi connectivity index (χ0n) is 14.8. The highest BCUT2D eigenvalue weighted by Gasteiger charge is 2.51. The van der Waals surface area contributed by atoms with Crippen molar-refractivity contribution in [1.29, 1.82) is 0 Å². The average Bonchev–Trinajstić information content (AvgIpc) is 2.78. The van der Waals surface area contributed by atoms with Crippen molar-refractivity contribution in [3.8, 4) is 0 Å². The van der Waals surface area contributed by atoms with Crippen molar-refractivity contribution >= 4 is 12.1 Å². The van der Waals surface area contributed by atoms with Crippen molar-refractivity contribution in [3.63, 3.8) is 0 Å². The monoisotopic (exact) mass is 342 g/mol. The first-order valence-corrected chi connectivity index (χ1v) is 8.36. The van der Waals surface area contributed by atoms with Crippen LogP contribution in [0.25, 0.3) is 0 Å². The Kier molecular flexibility index (Phi) is 5.22. The Morgan fingerprint density at radius 1 is 1.42 bits per heavy atom. The molecule has 1 aliphatic heterocycles. The van der Waals surface area contributed by atoms with E-state index in [0.29, 0.717) is 25.7 Å². The summed E-state index contributed by atoms with van der Waals surface area (Å²) in [6.45, 7) is 7.05. The van der Waals surface area contributed by atoms with Crippen molar-refractivity contribution in [1.82, 2.24) is 10.2 Å². The van der Waals surface area contributed by atoms with Crippen molar-refractivity contribution in [2.45, 2.75) is 76.6 Å². The van der Waals surface area contributed by atoms with Gasteiger partial charge >= 0.3 is 12.1 Å². The molecule has 6 nitrogen and oxygen atoms in total. The molecule has 0 aromatic heterocycles. The molecule has 3 atom stereocenters. The summed E-state index contributed by atoms with van der Waals surface area (Å²) < 4.78 is 18.5. The second-order valence-electron chi connectivity index (χ2n) is 7.86. The number of carboxylic acids is 1. The molecular weight excluding hydrogens is 315 g/mol. The molecule has 0 saturated carbocycles. The smallest absolute Gasteiger partial charge is 0.411 e. The van der Waals surface area contributed by atoms with Crippen LogP contribution in [0, 0.1) is 0 Å². The summed E-state index contributed by atoms with van der Waals surface area (Å²) in [5, 5.41) is 13.0. The number of carboxylic acid groups (broad SMARTS) is 1. The normalized spacial score (nSPS) is 30.9. The summed E-state index contributed by atoms with van der Waals surface area (Å²) in [5.74, 6) is -1.14. The number of aliphatic carboxylic acids is 1. The van der Waals surface area contributed by atoms with E-state index in [1.54, 1.807) is 33.8 Å². The topological polar surface area (TPSA) is 78.9 Å². The number of halogens is 1. The molecule has 1 unspecified atom stereocenters. The number of hydrogen-bond donors (Lipinski definition) is 2. The van der Waals surface area contributed by atoms with Gasteiger partial charge in [-0.2, -0.15) is 0 Å². The van der Waals surface area contributed by atoms with Crippen LogP contribution in [-0.4, -0.2) is 51.8 Å². The summed E-state index contributed by atoms with van der Waals surface area (Å²) in [6, 6.07) is -0.0516. The van der Waals surface area contributed by atoms with Crippen LogP contribution >= 0.6 is 0 Å². The van der Waals surface area contributed by atoms with Gasteiger partial charge in [-0.1, -0.05) is 6.08 Å². The standard InChI is InChI=1S/C17H27FN2O4/c1-16(2,3)24-15(23)20-10-13(9-17(20,4)14(21)22)19-12-7-5-11(18)6-8-12/h5,12-13,19H,6-10H2,1-4H3,(H,21,22)/t12?,13-,17-/m0/s1. The second-order valence-corrected chi connectivity index (χ2v) is 7.86. The molecule has 0 bridgehead atoms. The van der Waals surface area contributed by atoms with E-state index in [1.807, 2.05) is 0 Å². The average molecular weight is 342 g/mol. The molecule has 0 aromatic carbocycles. The lowest BCUT2D eigenvalue weighted by Gasteiger charge is -2.32. The molecular formula is C17H27FN2O4. The predicted octanol–water partition coefficient (Wildman–Crippen LogP) is 2.83. The van der Waals surface area contributed by atoms with Gasteiger partial charge < -0.3 is 15.2 Å². The summed E-state index contributed by atoms with van der Waals surface area (Å²) in [7, 11) is 0. The molecule has 2 rings (SSSR count). The molecule has 1 amide bonds. The van der Waals surface area contributed by atoms with E-state index in [0.717, 1.165) is 0 Å². The van der Waals surface area contributed by atoms with Gasteiger partial charge in [0.1, 0.15) is 11.1 Å². The number of allylic oxidation sites excluding steroid dienone is 1. The Bertz CT molecular complexity index is 543. The molecule has 0 aromatic rings. The van der Waals surface area contributed by atoms with Gasteiger partial charge in [0.15, 0.2) is 0 Å². The first-order chi connectivity index (χ1) is 11.0. The molecule has 1 heterocycles. The molecule has 24 heavy (non-hydrogen) atoms. The maximum absolute atomic E-state index is 13.1. The predicted molar refractivity (Wildman–Crippen MR) is 87.4 cm³/mol. The van der Waals surface area contributed by atoms with E-state index >= 15 is 0 Å². The van der Waals surface area contributed by atoms with Crippen LogP contribution in [0.3, 0.4) is 0 Å². The number of nitrogens with zero attached hydrogens (tertiary/aromatic N) is 1. The van der Waals surface area contributed by atoms with Gasteiger partial charge in [0, 0.05) is 25.0 Å². The number of carbonyl (C=O) groups excluding carboxylic acids is 1. The Balaban J connectivity index is 2.07. The molecule has 1 fully saturated rings. The largest absolute Gasteiger partial charge is 0.480 e. The van der Waals surface area contributed by atoms with E-state index < -0.39 is 23.2 Å². The fraction of sp³-hybridized carbons (Fsp3) is 0.765. The first kappa shape index (κ1) is 18.7. The van der Waals surface area contributed by atoms with E-state index in [9.17, 15) is 19.1 Å². The van der Waals surface area contributed by atoms with Gasteiger partial charge in [0.2, 0.25) is 0 Å². The zero-order valence-corrected chi connectivity index (χ0v) is 14.8. The maximum Gasteiger partial charge on any atom is 0.411 e. The number of carbonyl (C=O) groups is 2. The summed E-state index contributed by atoms with van der Waals surface area (Å²) in [5.41, 5.74) is -2.00. The fourth-order valence-corrected chi connectivity index (χ4v) is 3.27. The third kappa shape index (κ3) is 4.26. The Hall–Kier alpha value is -1.63. The number of nitrogens with one attached hydrogen (secondary N) is 1. The highest BCUT2D eigenvalue weighted by Crippen LogP contribution is 2.32. The van der Waals surface area contributed by atoms with Crippen LogP contribution in [0.4, 0.5) is 9.18 Å².